The van der Waals surface area contributed by atoms with Crippen molar-refractivity contribution in [1.82, 2.24) is 4.90 Å². The van der Waals surface area contributed by atoms with Crippen LogP contribution in [0.15, 0.2) is 0 Å². The lowest BCUT2D eigenvalue weighted by Crippen LogP contribution is -2.28. The van der Waals surface area contributed by atoms with Crippen LogP contribution in [0.4, 0.5) is 0 Å². The molecule has 0 aromatic rings. The van der Waals surface area contributed by atoms with E-state index in [9.17, 15) is 0 Å². The second-order valence-electron chi connectivity index (χ2n) is 4.37. The maximum absolute atomic E-state index is 5.44. The third-order valence-corrected chi connectivity index (χ3v) is 4.35. The van der Waals surface area contributed by atoms with Crippen LogP contribution >= 0.6 is 24.0 Å². The number of rotatable bonds is 2. The molecule has 0 bridgehead atoms. The first-order valence-corrected chi connectivity index (χ1v) is 7.01. The number of hydrogen-bond acceptors (Lipinski definition) is 2. The summed E-state index contributed by atoms with van der Waals surface area (Å²) in [6.45, 7) is 6.87. The molecule has 1 aliphatic rings. The van der Waals surface area contributed by atoms with Gasteiger partial charge in [-0.15, -0.1) is 0 Å². The van der Waals surface area contributed by atoms with Gasteiger partial charge in [-0.3, -0.25) is 0 Å². The highest BCUT2D eigenvalue weighted by Gasteiger charge is 2.12. The highest BCUT2D eigenvalue weighted by atomic mass is 32.2. The minimum Gasteiger partial charge on any atom is -0.358 e. The molecule has 82 valence electrons. The SMILES string of the molecule is CC(C)CSC(=S)N1CCCCCC1. The first-order chi connectivity index (χ1) is 6.70. The fourth-order valence-corrected chi connectivity index (χ4v) is 2.81. The molecule has 0 radical (unpaired) electrons. The average Bonchev–Trinajstić information content (AvgIpc) is 2.42. The van der Waals surface area contributed by atoms with E-state index in [2.05, 4.69) is 18.7 Å². The second kappa shape index (κ2) is 6.67. The Morgan fingerprint density at radius 2 is 1.79 bits per heavy atom. The summed E-state index contributed by atoms with van der Waals surface area (Å²) >= 11 is 7.30. The predicted octanol–water partition coefficient (Wildman–Crippen LogP) is 3.54. The molecule has 1 rings (SSSR count). The molecule has 1 nitrogen and oxygen atoms in total. The number of likely N-dealkylation sites (tertiary alicyclic amines) is 1. The molecule has 3 heteroatoms. The maximum Gasteiger partial charge on any atom is 0.136 e. The normalized spacial score (nSPS) is 18.4. The largest absolute Gasteiger partial charge is 0.358 e. The van der Waals surface area contributed by atoms with Crippen molar-refractivity contribution in [3.63, 3.8) is 0 Å². The minimum absolute atomic E-state index is 0.741. The Labute approximate surface area is 97.6 Å². The lowest BCUT2D eigenvalue weighted by molar-refractivity contribution is 0.450. The summed E-state index contributed by atoms with van der Waals surface area (Å²) in [6.07, 6.45) is 5.41. The van der Waals surface area contributed by atoms with Gasteiger partial charge >= 0.3 is 0 Å². The number of nitrogens with zero attached hydrogens (tertiary/aromatic N) is 1. The van der Waals surface area contributed by atoms with E-state index in [1.807, 2.05) is 11.8 Å². The molecule has 0 spiro atoms. The molecular weight excluding hydrogens is 210 g/mol. The average molecular weight is 231 g/mol. The summed E-state index contributed by atoms with van der Waals surface area (Å²) in [6, 6.07) is 0. The molecule has 1 heterocycles. The predicted molar refractivity (Wildman–Crippen MR) is 69.9 cm³/mol. The summed E-state index contributed by atoms with van der Waals surface area (Å²) in [5.74, 6) is 1.90. The number of thiocarbonyl (C=S) groups is 1. The van der Waals surface area contributed by atoms with Crippen molar-refractivity contribution in [1.29, 1.82) is 0 Å². The van der Waals surface area contributed by atoms with Crippen LogP contribution in [0.3, 0.4) is 0 Å². The molecule has 1 fully saturated rings. The van der Waals surface area contributed by atoms with Gasteiger partial charge in [-0.1, -0.05) is 50.7 Å². The van der Waals surface area contributed by atoms with Crippen molar-refractivity contribution in [3.05, 3.63) is 0 Å². The second-order valence-corrected chi connectivity index (χ2v) is 6.03. The van der Waals surface area contributed by atoms with E-state index in [0.717, 1.165) is 16.0 Å². The van der Waals surface area contributed by atoms with Crippen LogP contribution in [-0.2, 0) is 0 Å². The molecule has 0 aliphatic carbocycles. The van der Waals surface area contributed by atoms with E-state index in [4.69, 9.17) is 12.2 Å². The zero-order valence-electron chi connectivity index (χ0n) is 9.29. The molecule has 0 saturated carbocycles. The first kappa shape index (κ1) is 12.3. The summed E-state index contributed by atoms with van der Waals surface area (Å²) in [5.41, 5.74) is 0. The maximum atomic E-state index is 5.44. The molecule has 0 aromatic heterocycles. The summed E-state index contributed by atoms with van der Waals surface area (Å²) in [7, 11) is 0. The summed E-state index contributed by atoms with van der Waals surface area (Å²) in [5, 5.41) is 0. The molecule has 0 unspecified atom stereocenters. The molecule has 1 aliphatic heterocycles. The summed E-state index contributed by atoms with van der Waals surface area (Å²) in [4.78, 5) is 2.40. The number of thioether (sulfide) groups is 1. The van der Waals surface area contributed by atoms with Gasteiger partial charge in [0, 0.05) is 18.8 Å². The zero-order chi connectivity index (χ0) is 10.4. The van der Waals surface area contributed by atoms with Crippen LogP contribution in [0.2, 0.25) is 0 Å². The van der Waals surface area contributed by atoms with Gasteiger partial charge in [-0.05, 0) is 18.8 Å². The van der Waals surface area contributed by atoms with E-state index < -0.39 is 0 Å². The summed E-state index contributed by atoms with van der Waals surface area (Å²) < 4.78 is 1.13. The van der Waals surface area contributed by atoms with Gasteiger partial charge in [0.05, 0.1) is 0 Å². The molecule has 0 amide bonds. The van der Waals surface area contributed by atoms with E-state index >= 15 is 0 Å². The van der Waals surface area contributed by atoms with Crippen molar-refractivity contribution in [3.8, 4) is 0 Å². The van der Waals surface area contributed by atoms with Crippen LogP contribution in [0.5, 0.6) is 0 Å². The fourth-order valence-electron chi connectivity index (χ4n) is 1.58. The molecule has 14 heavy (non-hydrogen) atoms. The third-order valence-electron chi connectivity index (χ3n) is 2.40. The van der Waals surface area contributed by atoms with E-state index in [-0.39, 0.29) is 0 Å². The topological polar surface area (TPSA) is 3.24 Å². The van der Waals surface area contributed by atoms with Gasteiger partial charge in [0.15, 0.2) is 0 Å². The van der Waals surface area contributed by atoms with E-state index in [0.29, 0.717) is 0 Å². The quantitative estimate of drug-likeness (QED) is 0.669. The van der Waals surface area contributed by atoms with Gasteiger partial charge in [-0.25, -0.2) is 0 Å². The minimum atomic E-state index is 0.741. The van der Waals surface area contributed by atoms with Crippen molar-refractivity contribution in [2.24, 2.45) is 5.92 Å². The van der Waals surface area contributed by atoms with Crippen LogP contribution < -0.4 is 0 Å². The molecule has 0 aromatic carbocycles. The van der Waals surface area contributed by atoms with Crippen molar-refractivity contribution in [2.75, 3.05) is 18.8 Å². The Morgan fingerprint density at radius 3 is 2.29 bits per heavy atom. The standard InChI is InChI=1S/C11H21NS2/c1-10(2)9-14-11(13)12-7-5-3-4-6-8-12/h10H,3-9H2,1-2H3. The van der Waals surface area contributed by atoms with Gasteiger partial charge in [-0.2, -0.15) is 0 Å². The van der Waals surface area contributed by atoms with Crippen LogP contribution in [0, 0.1) is 5.92 Å². The van der Waals surface area contributed by atoms with Crippen LogP contribution in [-0.4, -0.2) is 28.1 Å². The number of hydrogen-bond donors (Lipinski definition) is 0. The van der Waals surface area contributed by atoms with Crippen molar-refractivity contribution < 1.29 is 0 Å². The van der Waals surface area contributed by atoms with Crippen LogP contribution in [0.1, 0.15) is 39.5 Å². The Bertz CT molecular complexity index is 172. The Hall–Kier alpha value is 0.240. The molecule has 0 atom stereocenters. The zero-order valence-corrected chi connectivity index (χ0v) is 10.9. The molecular formula is C11H21NS2. The van der Waals surface area contributed by atoms with E-state index in [1.165, 1.54) is 38.8 Å². The highest BCUT2D eigenvalue weighted by Crippen LogP contribution is 2.17. The lowest BCUT2D eigenvalue weighted by atomic mass is 10.2. The van der Waals surface area contributed by atoms with E-state index in [1.54, 1.807) is 0 Å². The lowest BCUT2D eigenvalue weighted by Gasteiger charge is -2.22. The fraction of sp³-hybridized carbons (Fsp3) is 0.909. The Kier molecular flexibility index (Phi) is 5.87. The highest BCUT2D eigenvalue weighted by molar-refractivity contribution is 8.22. The Balaban J connectivity index is 2.27. The van der Waals surface area contributed by atoms with Crippen molar-refractivity contribution >= 4 is 28.3 Å². The van der Waals surface area contributed by atoms with Gasteiger partial charge in [0.2, 0.25) is 0 Å². The molecule has 0 N–H and O–H groups in total. The third kappa shape index (κ3) is 4.65. The van der Waals surface area contributed by atoms with Crippen LogP contribution in [0.25, 0.3) is 0 Å². The van der Waals surface area contributed by atoms with Gasteiger partial charge in [0.1, 0.15) is 4.32 Å². The smallest absolute Gasteiger partial charge is 0.136 e. The van der Waals surface area contributed by atoms with Crippen molar-refractivity contribution in [2.45, 2.75) is 39.5 Å². The Morgan fingerprint density at radius 1 is 1.21 bits per heavy atom. The van der Waals surface area contributed by atoms with Gasteiger partial charge < -0.3 is 4.90 Å². The first-order valence-electron chi connectivity index (χ1n) is 5.62. The molecule has 1 saturated heterocycles. The monoisotopic (exact) mass is 231 g/mol. The van der Waals surface area contributed by atoms with Gasteiger partial charge in [0.25, 0.3) is 0 Å².